The van der Waals surface area contributed by atoms with E-state index in [-0.39, 0.29) is 5.54 Å². The second-order valence-corrected chi connectivity index (χ2v) is 5.70. The summed E-state index contributed by atoms with van der Waals surface area (Å²) in [7, 11) is 0. The second kappa shape index (κ2) is 5.40. The van der Waals surface area contributed by atoms with Gasteiger partial charge in [0.2, 0.25) is 0 Å². The van der Waals surface area contributed by atoms with Crippen LogP contribution in [0.4, 0.5) is 0 Å². The first-order chi connectivity index (χ1) is 8.12. The van der Waals surface area contributed by atoms with Gasteiger partial charge in [0.15, 0.2) is 0 Å². The summed E-state index contributed by atoms with van der Waals surface area (Å²) < 4.78 is 5.51. The van der Waals surface area contributed by atoms with Gasteiger partial charge in [-0.05, 0) is 45.9 Å². The molecule has 0 amide bonds. The van der Waals surface area contributed by atoms with E-state index < -0.39 is 6.10 Å². The van der Waals surface area contributed by atoms with Gasteiger partial charge in [-0.15, -0.1) is 0 Å². The van der Waals surface area contributed by atoms with Crippen molar-refractivity contribution in [2.75, 3.05) is 19.7 Å². The standard InChI is InChI=1S/C14H25NO2/c1-14(2,13(16)12-8-7-11-17-12)15-9-5-3-4-6-10-15/h8,13,16H,3-7,9-11H2,1-2H3. The van der Waals surface area contributed by atoms with Crippen LogP contribution in [0.15, 0.2) is 11.8 Å². The highest BCUT2D eigenvalue weighted by atomic mass is 16.5. The van der Waals surface area contributed by atoms with Crippen molar-refractivity contribution in [2.24, 2.45) is 0 Å². The normalized spacial score (nSPS) is 25.0. The van der Waals surface area contributed by atoms with Crippen LogP contribution in [0.5, 0.6) is 0 Å². The monoisotopic (exact) mass is 239 g/mol. The fourth-order valence-electron chi connectivity index (χ4n) is 2.80. The van der Waals surface area contributed by atoms with Crippen LogP contribution in [-0.4, -0.2) is 41.3 Å². The fraction of sp³-hybridized carbons (Fsp3) is 0.857. The van der Waals surface area contributed by atoms with Gasteiger partial charge in [0.25, 0.3) is 0 Å². The van der Waals surface area contributed by atoms with Gasteiger partial charge in [0.1, 0.15) is 11.9 Å². The van der Waals surface area contributed by atoms with E-state index in [2.05, 4.69) is 18.7 Å². The largest absolute Gasteiger partial charge is 0.495 e. The molecule has 2 aliphatic heterocycles. The maximum absolute atomic E-state index is 10.5. The molecule has 3 heteroatoms. The molecular formula is C14H25NO2. The van der Waals surface area contributed by atoms with E-state index in [0.717, 1.165) is 31.9 Å². The van der Waals surface area contributed by atoms with Gasteiger partial charge in [-0.1, -0.05) is 12.8 Å². The first-order valence-corrected chi connectivity index (χ1v) is 6.88. The third-order valence-electron chi connectivity index (χ3n) is 4.09. The average molecular weight is 239 g/mol. The van der Waals surface area contributed by atoms with Crippen molar-refractivity contribution in [1.29, 1.82) is 0 Å². The number of aliphatic hydroxyl groups excluding tert-OH is 1. The summed E-state index contributed by atoms with van der Waals surface area (Å²) in [5.41, 5.74) is -0.222. The number of hydrogen-bond donors (Lipinski definition) is 1. The van der Waals surface area contributed by atoms with Gasteiger partial charge < -0.3 is 9.84 Å². The highest BCUT2D eigenvalue weighted by molar-refractivity contribution is 5.11. The van der Waals surface area contributed by atoms with Crippen LogP contribution in [0, 0.1) is 0 Å². The molecule has 0 aromatic carbocycles. The zero-order valence-electron chi connectivity index (χ0n) is 11.1. The minimum absolute atomic E-state index is 0.222. The minimum Gasteiger partial charge on any atom is -0.495 e. The molecule has 1 saturated heterocycles. The Kier molecular flexibility index (Phi) is 4.10. The van der Waals surface area contributed by atoms with Crippen molar-refractivity contribution in [2.45, 2.75) is 57.6 Å². The highest BCUT2D eigenvalue weighted by Gasteiger charge is 2.38. The SMILES string of the molecule is CC(C)(C(O)C1=CCCO1)N1CCCCCC1. The lowest BCUT2D eigenvalue weighted by Gasteiger charge is -2.41. The molecule has 1 atom stereocenters. The Hall–Kier alpha value is -0.540. The Labute approximate surface area is 104 Å². The van der Waals surface area contributed by atoms with E-state index in [1.807, 2.05) is 6.08 Å². The Morgan fingerprint density at radius 1 is 1.24 bits per heavy atom. The molecule has 2 rings (SSSR count). The Bertz CT molecular complexity index is 278. The van der Waals surface area contributed by atoms with Crippen LogP contribution in [0.1, 0.15) is 46.0 Å². The molecule has 1 N–H and O–H groups in total. The third-order valence-corrected chi connectivity index (χ3v) is 4.09. The van der Waals surface area contributed by atoms with Gasteiger partial charge in [-0.2, -0.15) is 0 Å². The van der Waals surface area contributed by atoms with Crippen LogP contribution in [-0.2, 0) is 4.74 Å². The molecule has 17 heavy (non-hydrogen) atoms. The number of rotatable bonds is 3. The summed E-state index contributed by atoms with van der Waals surface area (Å²) in [5.74, 6) is 0.777. The van der Waals surface area contributed by atoms with Crippen LogP contribution >= 0.6 is 0 Å². The third kappa shape index (κ3) is 2.83. The summed E-state index contributed by atoms with van der Waals surface area (Å²) in [6.45, 7) is 7.17. The molecule has 98 valence electrons. The van der Waals surface area contributed by atoms with Gasteiger partial charge in [0, 0.05) is 12.0 Å². The predicted octanol–water partition coefficient (Wildman–Crippen LogP) is 2.31. The predicted molar refractivity (Wildman–Crippen MR) is 68.8 cm³/mol. The van der Waals surface area contributed by atoms with Gasteiger partial charge >= 0.3 is 0 Å². The Morgan fingerprint density at radius 3 is 2.41 bits per heavy atom. The van der Waals surface area contributed by atoms with Crippen molar-refractivity contribution in [3.8, 4) is 0 Å². The summed E-state index contributed by atoms with van der Waals surface area (Å²) in [6, 6.07) is 0. The molecule has 0 aliphatic carbocycles. The lowest BCUT2D eigenvalue weighted by atomic mass is 9.92. The lowest BCUT2D eigenvalue weighted by molar-refractivity contribution is -0.0155. The molecule has 2 aliphatic rings. The molecule has 0 spiro atoms. The molecule has 1 fully saturated rings. The number of nitrogens with zero attached hydrogens (tertiary/aromatic N) is 1. The summed E-state index contributed by atoms with van der Waals surface area (Å²) in [6.07, 6.45) is 7.60. The lowest BCUT2D eigenvalue weighted by Crippen LogP contribution is -2.53. The van der Waals surface area contributed by atoms with Gasteiger partial charge in [-0.25, -0.2) is 0 Å². The summed E-state index contributed by atoms with van der Waals surface area (Å²) in [4.78, 5) is 2.42. The van der Waals surface area contributed by atoms with Crippen LogP contribution < -0.4 is 0 Å². The topological polar surface area (TPSA) is 32.7 Å². The second-order valence-electron chi connectivity index (χ2n) is 5.70. The highest BCUT2D eigenvalue weighted by Crippen LogP contribution is 2.29. The first-order valence-electron chi connectivity index (χ1n) is 6.88. The number of ether oxygens (including phenoxy) is 1. The van der Waals surface area contributed by atoms with Gasteiger partial charge in [-0.3, -0.25) is 4.90 Å². The van der Waals surface area contributed by atoms with E-state index in [4.69, 9.17) is 4.74 Å². The number of hydrogen-bond acceptors (Lipinski definition) is 3. The zero-order chi connectivity index (χ0) is 12.3. The molecular weight excluding hydrogens is 214 g/mol. The fourth-order valence-corrected chi connectivity index (χ4v) is 2.80. The Morgan fingerprint density at radius 2 is 1.88 bits per heavy atom. The van der Waals surface area contributed by atoms with Crippen molar-refractivity contribution in [3.05, 3.63) is 11.8 Å². The number of likely N-dealkylation sites (tertiary alicyclic amines) is 1. The maximum Gasteiger partial charge on any atom is 0.128 e. The molecule has 1 unspecified atom stereocenters. The van der Waals surface area contributed by atoms with E-state index in [0.29, 0.717) is 0 Å². The van der Waals surface area contributed by atoms with Gasteiger partial charge in [0.05, 0.1) is 6.61 Å². The molecule has 3 nitrogen and oxygen atoms in total. The molecule has 0 saturated carbocycles. The zero-order valence-corrected chi connectivity index (χ0v) is 11.1. The molecule has 2 heterocycles. The molecule has 0 aromatic heterocycles. The Balaban J connectivity index is 2.04. The first kappa shape index (κ1) is 12.9. The van der Waals surface area contributed by atoms with Crippen LogP contribution in [0.25, 0.3) is 0 Å². The van der Waals surface area contributed by atoms with E-state index in [1.54, 1.807) is 0 Å². The van der Waals surface area contributed by atoms with Crippen molar-refractivity contribution in [1.82, 2.24) is 4.90 Å². The minimum atomic E-state index is -0.497. The van der Waals surface area contributed by atoms with Crippen molar-refractivity contribution in [3.63, 3.8) is 0 Å². The molecule has 0 bridgehead atoms. The summed E-state index contributed by atoms with van der Waals surface area (Å²) in [5, 5.41) is 10.5. The molecule has 0 aromatic rings. The van der Waals surface area contributed by atoms with Crippen LogP contribution in [0.3, 0.4) is 0 Å². The average Bonchev–Trinajstić information content (AvgIpc) is 2.69. The maximum atomic E-state index is 10.5. The number of aliphatic hydroxyl groups is 1. The van der Waals surface area contributed by atoms with Crippen molar-refractivity contribution < 1.29 is 9.84 Å². The molecule has 0 radical (unpaired) electrons. The van der Waals surface area contributed by atoms with Crippen LogP contribution in [0.2, 0.25) is 0 Å². The van der Waals surface area contributed by atoms with E-state index in [1.165, 1.54) is 25.7 Å². The summed E-state index contributed by atoms with van der Waals surface area (Å²) >= 11 is 0. The van der Waals surface area contributed by atoms with E-state index >= 15 is 0 Å². The smallest absolute Gasteiger partial charge is 0.128 e. The van der Waals surface area contributed by atoms with Crippen molar-refractivity contribution >= 4 is 0 Å². The quantitative estimate of drug-likeness (QED) is 0.820. The van der Waals surface area contributed by atoms with E-state index in [9.17, 15) is 5.11 Å².